The molecular formula is C32H46N2O2S. The molecule has 1 heterocycles. The predicted molar refractivity (Wildman–Crippen MR) is 159 cm³/mol. The van der Waals surface area contributed by atoms with Gasteiger partial charge >= 0.3 is 0 Å². The first-order valence-electron chi connectivity index (χ1n) is 14.4. The second kappa shape index (κ2) is 18.0. The molecule has 0 atom stereocenters. The molecule has 1 aliphatic rings. The maximum absolute atomic E-state index is 12.8. The van der Waals surface area contributed by atoms with E-state index < -0.39 is 0 Å². The molecular weight excluding hydrogens is 476 g/mol. The summed E-state index contributed by atoms with van der Waals surface area (Å²) in [6.45, 7) is 3.81. The number of nitrogens with zero attached hydrogens (tertiary/aromatic N) is 1. The SMILES string of the molecule is CCCCCCCCCCCCCCOc1cccc(CC(=O)Nc2ccccc2CN2C=CSC2)c1. The van der Waals surface area contributed by atoms with Crippen LogP contribution in [0.15, 0.2) is 60.1 Å². The summed E-state index contributed by atoms with van der Waals surface area (Å²) in [5.41, 5.74) is 2.99. The zero-order valence-electron chi connectivity index (χ0n) is 22.8. The molecule has 0 fully saturated rings. The average molecular weight is 523 g/mol. The zero-order chi connectivity index (χ0) is 26.0. The third-order valence-electron chi connectivity index (χ3n) is 6.80. The molecule has 4 nitrogen and oxygen atoms in total. The van der Waals surface area contributed by atoms with Crippen LogP contribution in [0.3, 0.4) is 0 Å². The highest BCUT2D eigenvalue weighted by molar-refractivity contribution is 8.02. The number of para-hydroxylation sites is 1. The summed E-state index contributed by atoms with van der Waals surface area (Å²) >= 11 is 1.79. The summed E-state index contributed by atoms with van der Waals surface area (Å²) in [4.78, 5) is 15.0. The number of rotatable bonds is 19. The van der Waals surface area contributed by atoms with Crippen LogP contribution in [0.5, 0.6) is 5.75 Å². The number of nitrogens with one attached hydrogen (secondary N) is 1. The van der Waals surface area contributed by atoms with E-state index in [9.17, 15) is 4.79 Å². The molecule has 1 N–H and O–H groups in total. The van der Waals surface area contributed by atoms with Gasteiger partial charge < -0.3 is 15.0 Å². The summed E-state index contributed by atoms with van der Waals surface area (Å²) in [6, 6.07) is 16.0. The van der Waals surface area contributed by atoms with Crippen molar-refractivity contribution in [3.8, 4) is 5.75 Å². The zero-order valence-corrected chi connectivity index (χ0v) is 23.6. The molecule has 37 heavy (non-hydrogen) atoms. The van der Waals surface area contributed by atoms with Gasteiger partial charge in [0.2, 0.25) is 5.91 Å². The Kier molecular flexibility index (Phi) is 14.1. The Morgan fingerprint density at radius 1 is 0.892 bits per heavy atom. The van der Waals surface area contributed by atoms with Crippen molar-refractivity contribution >= 4 is 23.4 Å². The third kappa shape index (κ3) is 12.1. The number of thioether (sulfide) groups is 1. The van der Waals surface area contributed by atoms with E-state index in [-0.39, 0.29) is 5.91 Å². The Morgan fingerprint density at radius 3 is 2.30 bits per heavy atom. The van der Waals surface area contributed by atoms with Crippen molar-refractivity contribution in [3.05, 3.63) is 71.3 Å². The minimum absolute atomic E-state index is 0.00287. The highest BCUT2D eigenvalue weighted by Crippen LogP contribution is 2.23. The first-order valence-corrected chi connectivity index (χ1v) is 15.4. The minimum Gasteiger partial charge on any atom is -0.494 e. The molecule has 2 aromatic carbocycles. The molecule has 3 rings (SSSR count). The molecule has 1 aliphatic heterocycles. The van der Waals surface area contributed by atoms with Crippen molar-refractivity contribution in [2.24, 2.45) is 0 Å². The molecule has 202 valence electrons. The predicted octanol–water partition coefficient (Wildman–Crippen LogP) is 8.93. The third-order valence-corrected chi connectivity index (χ3v) is 7.60. The first-order chi connectivity index (χ1) is 18.2. The molecule has 0 bridgehead atoms. The van der Waals surface area contributed by atoms with Crippen molar-refractivity contribution in [2.75, 3.05) is 17.8 Å². The lowest BCUT2D eigenvalue weighted by atomic mass is 10.1. The first kappa shape index (κ1) is 29.2. The fourth-order valence-electron chi connectivity index (χ4n) is 4.67. The lowest BCUT2D eigenvalue weighted by Gasteiger charge is -2.18. The average Bonchev–Trinajstić information content (AvgIpc) is 3.41. The highest BCUT2D eigenvalue weighted by atomic mass is 32.2. The van der Waals surface area contributed by atoms with Gasteiger partial charge in [-0.15, -0.1) is 11.8 Å². The Hall–Kier alpha value is -2.40. The van der Waals surface area contributed by atoms with Crippen molar-refractivity contribution in [3.63, 3.8) is 0 Å². The van der Waals surface area contributed by atoms with Crippen LogP contribution in [0, 0.1) is 0 Å². The number of amides is 1. The lowest BCUT2D eigenvalue weighted by Crippen LogP contribution is -2.18. The molecule has 5 heteroatoms. The summed E-state index contributed by atoms with van der Waals surface area (Å²) in [7, 11) is 0. The normalized spacial score (nSPS) is 12.7. The number of carbonyl (C=O) groups is 1. The van der Waals surface area contributed by atoms with Crippen molar-refractivity contribution < 1.29 is 9.53 Å². The molecule has 1 amide bonds. The van der Waals surface area contributed by atoms with Gasteiger partial charge in [0, 0.05) is 18.4 Å². The number of carbonyl (C=O) groups excluding carboxylic acids is 1. The second-order valence-electron chi connectivity index (χ2n) is 10.1. The smallest absolute Gasteiger partial charge is 0.228 e. The quantitative estimate of drug-likeness (QED) is 0.187. The maximum Gasteiger partial charge on any atom is 0.228 e. The summed E-state index contributed by atoms with van der Waals surface area (Å²) in [5.74, 6) is 1.80. The van der Waals surface area contributed by atoms with Crippen LogP contribution in [-0.2, 0) is 17.8 Å². The van der Waals surface area contributed by atoms with Crippen LogP contribution < -0.4 is 10.1 Å². The Labute approximate surface area is 229 Å². The molecule has 0 saturated carbocycles. The van der Waals surface area contributed by atoms with Crippen molar-refractivity contribution in [1.82, 2.24) is 4.90 Å². The molecule has 0 spiro atoms. The van der Waals surface area contributed by atoms with E-state index in [1.165, 1.54) is 70.6 Å². The van der Waals surface area contributed by atoms with Crippen LogP contribution in [0.1, 0.15) is 95.1 Å². The van der Waals surface area contributed by atoms with E-state index in [0.717, 1.165) is 48.0 Å². The number of anilines is 1. The summed E-state index contributed by atoms with van der Waals surface area (Å²) in [5, 5.41) is 5.22. The van der Waals surface area contributed by atoms with E-state index in [1.807, 2.05) is 42.5 Å². The summed E-state index contributed by atoms with van der Waals surface area (Å²) in [6.07, 6.45) is 18.5. The van der Waals surface area contributed by atoms with Gasteiger partial charge in [0.05, 0.1) is 18.9 Å². The van der Waals surface area contributed by atoms with Gasteiger partial charge in [0.25, 0.3) is 0 Å². The van der Waals surface area contributed by atoms with Crippen LogP contribution in [-0.4, -0.2) is 23.3 Å². The van der Waals surface area contributed by atoms with Gasteiger partial charge in [0.15, 0.2) is 0 Å². The molecule has 0 aromatic heterocycles. The summed E-state index contributed by atoms with van der Waals surface area (Å²) < 4.78 is 5.99. The van der Waals surface area contributed by atoms with Gasteiger partial charge in [-0.1, -0.05) is 108 Å². The van der Waals surface area contributed by atoms with E-state index in [4.69, 9.17) is 4.74 Å². The monoisotopic (exact) mass is 522 g/mol. The van der Waals surface area contributed by atoms with E-state index in [1.54, 1.807) is 11.8 Å². The lowest BCUT2D eigenvalue weighted by molar-refractivity contribution is -0.115. The largest absolute Gasteiger partial charge is 0.494 e. The van der Waals surface area contributed by atoms with Gasteiger partial charge in [-0.2, -0.15) is 0 Å². The minimum atomic E-state index is -0.00287. The van der Waals surface area contributed by atoms with Crippen LogP contribution >= 0.6 is 11.8 Å². The van der Waals surface area contributed by atoms with Gasteiger partial charge in [0.1, 0.15) is 5.75 Å². The van der Waals surface area contributed by atoms with Crippen molar-refractivity contribution in [2.45, 2.75) is 96.9 Å². The Morgan fingerprint density at radius 2 is 1.59 bits per heavy atom. The van der Waals surface area contributed by atoms with Crippen LogP contribution in [0.4, 0.5) is 5.69 Å². The second-order valence-corrected chi connectivity index (χ2v) is 11.0. The molecule has 0 aliphatic carbocycles. The number of hydrogen-bond acceptors (Lipinski definition) is 4. The van der Waals surface area contributed by atoms with E-state index >= 15 is 0 Å². The van der Waals surface area contributed by atoms with Gasteiger partial charge in [-0.05, 0) is 41.2 Å². The van der Waals surface area contributed by atoms with Gasteiger partial charge in [-0.3, -0.25) is 4.79 Å². The molecule has 2 aromatic rings. The number of unbranched alkanes of at least 4 members (excludes halogenated alkanes) is 11. The fourth-order valence-corrected chi connectivity index (χ4v) is 5.38. The Bertz CT molecular complexity index is 946. The Balaban J connectivity index is 1.29. The molecule has 0 saturated heterocycles. The highest BCUT2D eigenvalue weighted by Gasteiger charge is 2.12. The van der Waals surface area contributed by atoms with Crippen molar-refractivity contribution in [1.29, 1.82) is 0 Å². The standard InChI is InChI=1S/C32H46N2O2S/c1-2-3-4-5-6-7-8-9-10-11-12-15-22-36-30-19-16-17-28(24-30)25-32(35)33-31-20-14-13-18-29(31)26-34-21-23-37-27-34/h13-14,16-21,23-24H,2-12,15,22,25-27H2,1H3,(H,33,35). The van der Waals surface area contributed by atoms with Crippen LogP contribution in [0.25, 0.3) is 0 Å². The fraction of sp³-hybridized carbons (Fsp3) is 0.531. The van der Waals surface area contributed by atoms with Gasteiger partial charge in [-0.25, -0.2) is 0 Å². The van der Waals surface area contributed by atoms with E-state index in [2.05, 4.69) is 34.8 Å². The topological polar surface area (TPSA) is 41.6 Å². The van der Waals surface area contributed by atoms with E-state index in [0.29, 0.717) is 6.42 Å². The molecule has 0 radical (unpaired) electrons. The number of hydrogen-bond donors (Lipinski definition) is 1. The molecule has 0 unspecified atom stereocenters. The number of ether oxygens (including phenoxy) is 1. The number of benzene rings is 2. The van der Waals surface area contributed by atoms with Crippen LogP contribution in [0.2, 0.25) is 0 Å². The maximum atomic E-state index is 12.8.